The lowest BCUT2D eigenvalue weighted by molar-refractivity contribution is 0.602. The molecule has 0 saturated carbocycles. The smallest absolute Gasteiger partial charge is 0.175 e. The van der Waals surface area contributed by atoms with Crippen molar-refractivity contribution in [2.24, 2.45) is 0 Å². The SMILES string of the molecule is CS(=O)(=O)c1ccc2[nH]cc(Cc3ccc(F)cc3)c2c1. The van der Waals surface area contributed by atoms with Gasteiger partial charge in [-0.25, -0.2) is 12.8 Å². The molecule has 0 bridgehead atoms. The Balaban J connectivity index is 2.04. The number of halogens is 1. The molecular formula is C16H14FNO2S. The van der Waals surface area contributed by atoms with Crippen molar-refractivity contribution >= 4 is 20.7 Å². The highest BCUT2D eigenvalue weighted by molar-refractivity contribution is 7.90. The van der Waals surface area contributed by atoms with E-state index in [2.05, 4.69) is 4.98 Å². The van der Waals surface area contributed by atoms with Gasteiger partial charge in [-0.1, -0.05) is 12.1 Å². The lowest BCUT2D eigenvalue weighted by atomic mass is 10.0. The van der Waals surface area contributed by atoms with Crippen LogP contribution in [0.1, 0.15) is 11.1 Å². The average molecular weight is 303 g/mol. The van der Waals surface area contributed by atoms with Crippen LogP contribution in [-0.4, -0.2) is 19.7 Å². The van der Waals surface area contributed by atoms with Gasteiger partial charge in [0.05, 0.1) is 4.90 Å². The lowest BCUT2D eigenvalue weighted by Crippen LogP contribution is -1.96. The number of rotatable bonds is 3. The molecule has 0 aliphatic rings. The number of H-pyrrole nitrogens is 1. The summed E-state index contributed by atoms with van der Waals surface area (Å²) < 4.78 is 36.2. The van der Waals surface area contributed by atoms with Crippen molar-refractivity contribution in [3.05, 3.63) is 65.6 Å². The monoisotopic (exact) mass is 303 g/mol. The summed E-state index contributed by atoms with van der Waals surface area (Å²) in [6, 6.07) is 11.3. The van der Waals surface area contributed by atoms with Gasteiger partial charge in [0.15, 0.2) is 9.84 Å². The van der Waals surface area contributed by atoms with Crippen LogP contribution >= 0.6 is 0 Å². The first-order valence-electron chi connectivity index (χ1n) is 6.48. The zero-order chi connectivity index (χ0) is 15.0. The van der Waals surface area contributed by atoms with Crippen LogP contribution in [0.5, 0.6) is 0 Å². The molecule has 0 atom stereocenters. The summed E-state index contributed by atoms with van der Waals surface area (Å²) in [5.74, 6) is -0.267. The molecule has 0 fully saturated rings. The summed E-state index contributed by atoms with van der Waals surface area (Å²) >= 11 is 0. The second kappa shape index (κ2) is 5.00. The van der Waals surface area contributed by atoms with E-state index in [0.717, 1.165) is 22.0 Å². The highest BCUT2D eigenvalue weighted by atomic mass is 32.2. The highest BCUT2D eigenvalue weighted by Crippen LogP contribution is 2.24. The Kier molecular flexibility index (Phi) is 3.29. The first kappa shape index (κ1) is 13.8. The van der Waals surface area contributed by atoms with Crippen molar-refractivity contribution in [3.8, 4) is 0 Å². The van der Waals surface area contributed by atoms with E-state index >= 15 is 0 Å². The number of aromatic amines is 1. The maximum atomic E-state index is 12.9. The van der Waals surface area contributed by atoms with Crippen LogP contribution in [0.25, 0.3) is 10.9 Å². The molecule has 108 valence electrons. The molecule has 1 heterocycles. The molecule has 0 aliphatic heterocycles. The summed E-state index contributed by atoms with van der Waals surface area (Å²) in [7, 11) is -3.23. The maximum absolute atomic E-state index is 12.9. The number of fused-ring (bicyclic) bond motifs is 1. The van der Waals surface area contributed by atoms with Crippen molar-refractivity contribution in [2.75, 3.05) is 6.26 Å². The fourth-order valence-corrected chi connectivity index (χ4v) is 3.00. The van der Waals surface area contributed by atoms with Gasteiger partial charge in [0, 0.05) is 23.4 Å². The zero-order valence-corrected chi connectivity index (χ0v) is 12.2. The summed E-state index contributed by atoms with van der Waals surface area (Å²) in [6.07, 6.45) is 3.67. The number of hydrogen-bond donors (Lipinski definition) is 1. The Bertz CT molecular complexity index is 896. The normalized spacial score (nSPS) is 11.9. The van der Waals surface area contributed by atoms with Gasteiger partial charge in [0.25, 0.3) is 0 Å². The number of hydrogen-bond acceptors (Lipinski definition) is 2. The third-order valence-corrected chi connectivity index (χ3v) is 4.59. The van der Waals surface area contributed by atoms with Crippen molar-refractivity contribution in [3.63, 3.8) is 0 Å². The van der Waals surface area contributed by atoms with E-state index in [9.17, 15) is 12.8 Å². The van der Waals surface area contributed by atoms with Crippen LogP contribution in [0.4, 0.5) is 4.39 Å². The van der Waals surface area contributed by atoms with Crippen LogP contribution < -0.4 is 0 Å². The van der Waals surface area contributed by atoms with Crippen molar-refractivity contribution in [1.82, 2.24) is 4.98 Å². The predicted molar refractivity (Wildman–Crippen MR) is 80.6 cm³/mol. The van der Waals surface area contributed by atoms with Gasteiger partial charge >= 0.3 is 0 Å². The third kappa shape index (κ3) is 2.83. The summed E-state index contributed by atoms with van der Waals surface area (Å²) in [6.45, 7) is 0. The topological polar surface area (TPSA) is 49.9 Å². The Labute approximate surface area is 122 Å². The fraction of sp³-hybridized carbons (Fsp3) is 0.125. The molecule has 1 aromatic heterocycles. The van der Waals surface area contributed by atoms with Gasteiger partial charge in [0.2, 0.25) is 0 Å². The molecule has 5 heteroatoms. The summed E-state index contributed by atoms with van der Waals surface area (Å²) in [5, 5.41) is 0.877. The molecule has 3 aromatic rings. The van der Waals surface area contributed by atoms with Gasteiger partial charge in [-0.15, -0.1) is 0 Å². The van der Waals surface area contributed by atoms with Crippen molar-refractivity contribution < 1.29 is 12.8 Å². The van der Waals surface area contributed by atoms with E-state index in [1.807, 2.05) is 6.20 Å². The fourth-order valence-electron chi connectivity index (χ4n) is 2.36. The summed E-state index contributed by atoms with van der Waals surface area (Å²) in [5.41, 5.74) is 2.85. The van der Waals surface area contributed by atoms with Gasteiger partial charge in [-0.2, -0.15) is 0 Å². The van der Waals surface area contributed by atoms with Crippen molar-refractivity contribution in [2.45, 2.75) is 11.3 Å². The lowest BCUT2D eigenvalue weighted by Gasteiger charge is -2.02. The molecule has 3 nitrogen and oxygen atoms in total. The number of aromatic nitrogens is 1. The van der Waals surface area contributed by atoms with E-state index in [0.29, 0.717) is 11.3 Å². The van der Waals surface area contributed by atoms with Crippen LogP contribution in [0.2, 0.25) is 0 Å². The molecule has 0 spiro atoms. The van der Waals surface area contributed by atoms with E-state index in [4.69, 9.17) is 0 Å². The molecule has 0 aliphatic carbocycles. The molecule has 0 unspecified atom stereocenters. The third-order valence-electron chi connectivity index (χ3n) is 3.47. The summed E-state index contributed by atoms with van der Waals surface area (Å²) in [4.78, 5) is 3.43. The second-order valence-corrected chi connectivity index (χ2v) is 7.11. The number of sulfone groups is 1. The molecule has 3 rings (SSSR count). The standard InChI is InChI=1S/C16H14FNO2S/c1-21(19,20)14-6-7-16-15(9-14)12(10-18-16)8-11-2-4-13(17)5-3-11/h2-7,9-10,18H,8H2,1H3. The van der Waals surface area contributed by atoms with Crippen LogP contribution in [0.15, 0.2) is 53.6 Å². The minimum Gasteiger partial charge on any atom is -0.361 e. The minimum absolute atomic E-state index is 0.267. The molecule has 2 aromatic carbocycles. The Morgan fingerprint density at radius 1 is 1.10 bits per heavy atom. The Morgan fingerprint density at radius 2 is 1.81 bits per heavy atom. The van der Waals surface area contributed by atoms with Crippen LogP contribution in [0, 0.1) is 5.82 Å². The van der Waals surface area contributed by atoms with E-state index in [1.165, 1.54) is 18.4 Å². The first-order valence-corrected chi connectivity index (χ1v) is 8.37. The predicted octanol–water partition coefficient (Wildman–Crippen LogP) is 3.30. The van der Waals surface area contributed by atoms with Gasteiger partial charge < -0.3 is 4.98 Å². The molecule has 0 radical (unpaired) electrons. The van der Waals surface area contributed by atoms with Gasteiger partial charge in [-0.05, 0) is 47.9 Å². The number of nitrogens with one attached hydrogen (secondary N) is 1. The molecule has 0 saturated heterocycles. The zero-order valence-electron chi connectivity index (χ0n) is 11.4. The largest absolute Gasteiger partial charge is 0.361 e. The highest BCUT2D eigenvalue weighted by Gasteiger charge is 2.11. The van der Waals surface area contributed by atoms with Gasteiger partial charge in [0.1, 0.15) is 5.82 Å². The van der Waals surface area contributed by atoms with Gasteiger partial charge in [-0.3, -0.25) is 0 Å². The Hall–Kier alpha value is -2.14. The van der Waals surface area contributed by atoms with E-state index < -0.39 is 9.84 Å². The number of benzene rings is 2. The minimum atomic E-state index is -3.23. The molecular weight excluding hydrogens is 289 g/mol. The van der Waals surface area contributed by atoms with Crippen molar-refractivity contribution in [1.29, 1.82) is 0 Å². The molecule has 1 N–H and O–H groups in total. The van der Waals surface area contributed by atoms with E-state index in [-0.39, 0.29) is 5.82 Å². The quantitative estimate of drug-likeness (QED) is 0.807. The molecule has 0 amide bonds. The van der Waals surface area contributed by atoms with Crippen LogP contribution in [-0.2, 0) is 16.3 Å². The second-order valence-electron chi connectivity index (χ2n) is 5.10. The average Bonchev–Trinajstić information content (AvgIpc) is 2.83. The van der Waals surface area contributed by atoms with Crippen LogP contribution in [0.3, 0.4) is 0 Å². The maximum Gasteiger partial charge on any atom is 0.175 e. The Morgan fingerprint density at radius 3 is 2.48 bits per heavy atom. The first-order chi connectivity index (χ1) is 9.93. The molecule has 21 heavy (non-hydrogen) atoms. The van der Waals surface area contributed by atoms with E-state index in [1.54, 1.807) is 30.3 Å².